The second kappa shape index (κ2) is 10.8. The molecule has 1 heterocycles. The highest BCUT2D eigenvalue weighted by Gasteiger charge is 2.35. The summed E-state index contributed by atoms with van der Waals surface area (Å²) in [6, 6.07) is 14.8. The topological polar surface area (TPSA) is 102 Å². The molecule has 184 valence electrons. The molecule has 7 nitrogen and oxygen atoms in total. The van der Waals surface area contributed by atoms with Crippen molar-refractivity contribution in [2.75, 3.05) is 18.5 Å². The van der Waals surface area contributed by atoms with E-state index in [1.165, 1.54) is 0 Å². The number of Topliss-reactive ketones (excluding diaryl/α,β-unsaturated/α-hetero) is 1. The maximum atomic E-state index is 13.3. The summed E-state index contributed by atoms with van der Waals surface area (Å²) in [6.07, 6.45) is 4.06. The number of ketones is 1. The number of hydrogen-bond acceptors (Lipinski definition) is 6. The molecule has 2 aromatic rings. The van der Waals surface area contributed by atoms with Crippen molar-refractivity contribution >= 4 is 17.4 Å². The van der Waals surface area contributed by atoms with Crippen molar-refractivity contribution in [1.29, 1.82) is 0 Å². The first-order chi connectivity index (χ1) is 17.0. The Kier molecular flexibility index (Phi) is 7.56. The van der Waals surface area contributed by atoms with Crippen molar-refractivity contribution in [3.8, 4) is 5.75 Å². The molecule has 7 heteroatoms. The highest BCUT2D eigenvalue weighted by Crippen LogP contribution is 2.36. The van der Waals surface area contributed by atoms with Gasteiger partial charge in [-0.25, -0.2) is 0 Å². The van der Waals surface area contributed by atoms with E-state index in [2.05, 4.69) is 17.2 Å². The molecule has 0 bridgehead atoms. The number of hydrogen-bond donors (Lipinski definition) is 4. The van der Waals surface area contributed by atoms with Gasteiger partial charge in [0.05, 0.1) is 23.0 Å². The minimum absolute atomic E-state index is 0.0177. The molecule has 2 aliphatic rings. The fourth-order valence-electron chi connectivity index (χ4n) is 4.85. The summed E-state index contributed by atoms with van der Waals surface area (Å²) in [4.78, 5) is 27.7. The van der Waals surface area contributed by atoms with E-state index in [9.17, 15) is 19.8 Å². The number of phenolic OH excluding ortho intramolecular Hbond substituents is 1. The van der Waals surface area contributed by atoms with Gasteiger partial charge in [-0.1, -0.05) is 49.9 Å². The van der Waals surface area contributed by atoms with Crippen molar-refractivity contribution in [1.82, 2.24) is 10.2 Å². The zero-order valence-corrected chi connectivity index (χ0v) is 20.1. The van der Waals surface area contributed by atoms with Crippen molar-refractivity contribution in [2.24, 2.45) is 0 Å². The Morgan fingerprint density at radius 1 is 1.14 bits per heavy atom. The zero-order chi connectivity index (χ0) is 24.9. The average Bonchev–Trinajstić information content (AvgIpc) is 2.89. The first-order valence-electron chi connectivity index (χ1n) is 12.3. The Morgan fingerprint density at radius 2 is 1.91 bits per heavy atom. The first kappa shape index (κ1) is 24.5. The molecular weight excluding hydrogens is 442 g/mol. The monoisotopic (exact) mass is 475 g/mol. The van der Waals surface area contributed by atoms with Crippen LogP contribution in [-0.4, -0.2) is 46.0 Å². The predicted octanol–water partition coefficient (Wildman–Crippen LogP) is 4.27. The molecule has 1 amide bonds. The molecule has 4 rings (SSSR count). The quantitative estimate of drug-likeness (QED) is 0.319. The van der Waals surface area contributed by atoms with Crippen LogP contribution in [0.1, 0.15) is 61.0 Å². The molecule has 2 atom stereocenters. The van der Waals surface area contributed by atoms with Crippen LogP contribution in [0.5, 0.6) is 5.75 Å². The van der Waals surface area contributed by atoms with Crippen LogP contribution in [0.25, 0.3) is 0 Å². The van der Waals surface area contributed by atoms with Gasteiger partial charge in [0.1, 0.15) is 5.70 Å². The summed E-state index contributed by atoms with van der Waals surface area (Å²) in [5.41, 5.74) is 2.86. The number of aliphatic hydroxyl groups is 1. The number of amides is 1. The van der Waals surface area contributed by atoms with Crippen LogP contribution < -0.4 is 10.6 Å². The zero-order valence-electron chi connectivity index (χ0n) is 20.1. The van der Waals surface area contributed by atoms with E-state index in [0.717, 1.165) is 31.2 Å². The third-order valence-corrected chi connectivity index (χ3v) is 6.86. The normalized spacial score (nSPS) is 18.8. The van der Waals surface area contributed by atoms with Crippen molar-refractivity contribution in [2.45, 2.75) is 51.1 Å². The highest BCUT2D eigenvalue weighted by molar-refractivity contribution is 6.20. The molecule has 1 aliphatic heterocycles. The van der Waals surface area contributed by atoms with Crippen LogP contribution in [0, 0.1) is 0 Å². The van der Waals surface area contributed by atoms with Gasteiger partial charge in [0.25, 0.3) is 5.91 Å². The third-order valence-electron chi connectivity index (χ3n) is 6.86. The Hall–Kier alpha value is -3.58. The van der Waals surface area contributed by atoms with E-state index < -0.39 is 0 Å². The molecule has 1 aliphatic carbocycles. The minimum atomic E-state index is -0.254. The molecule has 0 aromatic heterocycles. The number of nitrogens with zero attached hydrogens (tertiary/aromatic N) is 1. The van der Waals surface area contributed by atoms with Gasteiger partial charge < -0.3 is 25.7 Å². The maximum Gasteiger partial charge on any atom is 0.257 e. The van der Waals surface area contributed by atoms with Crippen molar-refractivity contribution < 1.29 is 19.8 Å². The molecule has 0 radical (unpaired) electrons. The summed E-state index contributed by atoms with van der Waals surface area (Å²) < 4.78 is 0. The number of aromatic hydroxyl groups is 1. The largest absolute Gasteiger partial charge is 0.505 e. The summed E-state index contributed by atoms with van der Waals surface area (Å²) in [6.45, 7) is 6.54. The van der Waals surface area contributed by atoms with E-state index >= 15 is 0 Å². The summed E-state index contributed by atoms with van der Waals surface area (Å²) in [5, 5.41) is 26.9. The van der Waals surface area contributed by atoms with Gasteiger partial charge in [0, 0.05) is 24.8 Å². The lowest BCUT2D eigenvalue weighted by Crippen LogP contribution is -2.44. The molecule has 0 spiro atoms. The molecule has 1 unspecified atom stereocenters. The number of anilines is 1. The lowest BCUT2D eigenvalue weighted by atomic mass is 9.91. The van der Waals surface area contributed by atoms with Crippen LogP contribution >= 0.6 is 0 Å². The van der Waals surface area contributed by atoms with Crippen LogP contribution in [0.3, 0.4) is 0 Å². The van der Waals surface area contributed by atoms with Crippen LogP contribution in [-0.2, 0) is 4.79 Å². The third kappa shape index (κ3) is 4.95. The van der Waals surface area contributed by atoms with E-state index in [4.69, 9.17) is 0 Å². The lowest BCUT2D eigenvalue weighted by molar-refractivity contribution is -0.113. The number of phenols is 1. The number of piperidine rings is 1. The predicted molar refractivity (Wildman–Crippen MR) is 136 cm³/mol. The second-order valence-corrected chi connectivity index (χ2v) is 9.06. The second-order valence-electron chi connectivity index (χ2n) is 9.06. The van der Waals surface area contributed by atoms with E-state index in [1.54, 1.807) is 23.1 Å². The van der Waals surface area contributed by atoms with Gasteiger partial charge in [-0.2, -0.15) is 0 Å². The molecule has 2 aromatic carbocycles. The number of carbonyl (C=O) groups excluding carboxylic acids is 2. The number of benzene rings is 2. The Bertz CT molecular complexity index is 1140. The molecule has 0 saturated carbocycles. The number of likely N-dealkylation sites (tertiary alicyclic amines) is 1. The summed E-state index contributed by atoms with van der Waals surface area (Å²) in [7, 11) is 0. The number of carbonyl (C=O) groups is 2. The minimum Gasteiger partial charge on any atom is -0.505 e. The Balaban J connectivity index is 1.58. The Labute approximate surface area is 206 Å². The number of allylic oxidation sites excluding steroid dienone is 2. The lowest BCUT2D eigenvalue weighted by Gasteiger charge is -2.36. The fourth-order valence-corrected chi connectivity index (χ4v) is 4.85. The van der Waals surface area contributed by atoms with Crippen LogP contribution in [0.15, 0.2) is 72.1 Å². The van der Waals surface area contributed by atoms with Gasteiger partial charge in [0.15, 0.2) is 5.75 Å². The van der Waals surface area contributed by atoms with Crippen LogP contribution in [0.2, 0.25) is 0 Å². The van der Waals surface area contributed by atoms with Gasteiger partial charge in [-0.15, -0.1) is 0 Å². The summed E-state index contributed by atoms with van der Waals surface area (Å²) in [5.74, 6) is -0.594. The number of nitrogens with one attached hydrogen (secondary N) is 2. The van der Waals surface area contributed by atoms with E-state index in [-0.39, 0.29) is 41.7 Å². The maximum absolute atomic E-state index is 13.3. The van der Waals surface area contributed by atoms with Gasteiger partial charge in [-0.05, 0) is 49.8 Å². The highest BCUT2D eigenvalue weighted by atomic mass is 16.3. The SMILES string of the molecule is C=C1C(=O)C(N[C@H](CC)c2ccccc2)=C1Nc1cccc(C(=O)N2CCCCC2CCO)c1O. The summed E-state index contributed by atoms with van der Waals surface area (Å²) >= 11 is 0. The molecule has 4 N–H and O–H groups in total. The molecule has 1 fully saturated rings. The van der Waals surface area contributed by atoms with Crippen molar-refractivity contribution in [3.05, 3.63) is 83.2 Å². The van der Waals surface area contributed by atoms with E-state index in [1.807, 2.05) is 37.3 Å². The molecular formula is C28H33N3O4. The van der Waals surface area contributed by atoms with Gasteiger partial charge in [-0.3, -0.25) is 9.59 Å². The molecule has 1 saturated heterocycles. The smallest absolute Gasteiger partial charge is 0.257 e. The number of rotatable bonds is 9. The Morgan fingerprint density at radius 3 is 2.63 bits per heavy atom. The van der Waals surface area contributed by atoms with E-state index in [0.29, 0.717) is 35.6 Å². The van der Waals surface area contributed by atoms with Crippen LogP contribution in [0.4, 0.5) is 5.69 Å². The first-order valence-corrected chi connectivity index (χ1v) is 12.3. The standard InChI is InChI=1S/C28H33N3O4/c1-3-22(19-10-5-4-6-11-19)29-25-24(18(2)26(25)33)30-23-14-9-13-21(27(23)34)28(35)31-16-8-7-12-20(31)15-17-32/h4-6,9-11,13-14,20,22,29-30,32,34H,2-3,7-8,12,15-17H2,1H3/t20?,22-/m1/s1. The number of aliphatic hydroxyl groups excluding tert-OH is 1. The van der Waals surface area contributed by atoms with Gasteiger partial charge >= 0.3 is 0 Å². The van der Waals surface area contributed by atoms with Gasteiger partial charge in [0.2, 0.25) is 5.78 Å². The number of para-hydroxylation sites is 1. The fraction of sp³-hybridized carbons (Fsp3) is 0.357. The van der Waals surface area contributed by atoms with Crippen molar-refractivity contribution in [3.63, 3.8) is 0 Å². The molecule has 35 heavy (non-hydrogen) atoms. The average molecular weight is 476 g/mol.